The normalized spacial score (nSPS) is 10.1. The third-order valence-electron chi connectivity index (χ3n) is 2.05. The van der Waals surface area contributed by atoms with Gasteiger partial charge >= 0.3 is 0 Å². The fourth-order valence-corrected chi connectivity index (χ4v) is 1.91. The second kappa shape index (κ2) is 7.68. The van der Waals surface area contributed by atoms with E-state index in [-0.39, 0.29) is 5.91 Å². The lowest BCUT2D eigenvalue weighted by Crippen LogP contribution is -2.24. The maximum absolute atomic E-state index is 11.6. The summed E-state index contributed by atoms with van der Waals surface area (Å²) >= 11 is 5.06. The molecule has 0 radical (unpaired) electrons. The number of nitrogens with one attached hydrogen (secondary N) is 1. The molecule has 1 rings (SSSR count). The van der Waals surface area contributed by atoms with Crippen LogP contribution in [0.15, 0.2) is 22.9 Å². The zero-order valence-corrected chi connectivity index (χ0v) is 11.6. The number of thioether (sulfide) groups is 1. The van der Waals surface area contributed by atoms with Crippen LogP contribution in [0, 0.1) is 0 Å². The van der Waals surface area contributed by atoms with E-state index in [4.69, 9.17) is 0 Å². The Morgan fingerprint density at radius 3 is 2.94 bits per heavy atom. The number of hydrogen-bond donors (Lipinski definition) is 1. The molecule has 0 aliphatic carbocycles. The molecular formula is C11H15BrN2OS. The summed E-state index contributed by atoms with van der Waals surface area (Å²) in [6.45, 7) is 0.732. The van der Waals surface area contributed by atoms with E-state index in [0.717, 1.165) is 29.7 Å². The second-order valence-electron chi connectivity index (χ2n) is 3.33. The summed E-state index contributed by atoms with van der Waals surface area (Å²) in [4.78, 5) is 15.6. The first-order valence-electron chi connectivity index (χ1n) is 5.12. The predicted octanol–water partition coefficient (Wildman–Crippen LogP) is 2.72. The highest BCUT2D eigenvalue weighted by Crippen LogP contribution is 2.06. The van der Waals surface area contributed by atoms with Gasteiger partial charge in [0.1, 0.15) is 4.60 Å². The van der Waals surface area contributed by atoms with E-state index in [1.54, 1.807) is 18.3 Å². The smallest absolute Gasteiger partial charge is 0.252 e. The summed E-state index contributed by atoms with van der Waals surface area (Å²) in [5.41, 5.74) is 0.605. The lowest BCUT2D eigenvalue weighted by atomic mass is 10.2. The van der Waals surface area contributed by atoms with Crippen LogP contribution in [0.1, 0.15) is 23.2 Å². The Balaban J connectivity index is 2.27. The molecule has 1 heterocycles. The van der Waals surface area contributed by atoms with Crippen molar-refractivity contribution in [3.63, 3.8) is 0 Å². The maximum Gasteiger partial charge on any atom is 0.252 e. The Hall–Kier alpha value is -0.550. The van der Waals surface area contributed by atoms with Gasteiger partial charge in [-0.25, -0.2) is 4.98 Å². The number of nitrogens with zero attached hydrogens (tertiary/aromatic N) is 1. The quantitative estimate of drug-likeness (QED) is 0.649. The monoisotopic (exact) mass is 302 g/mol. The summed E-state index contributed by atoms with van der Waals surface area (Å²) in [6.07, 6.45) is 5.82. The molecule has 0 atom stereocenters. The van der Waals surface area contributed by atoms with Gasteiger partial charge < -0.3 is 5.32 Å². The van der Waals surface area contributed by atoms with Crippen molar-refractivity contribution in [1.82, 2.24) is 10.3 Å². The molecule has 1 amide bonds. The van der Waals surface area contributed by atoms with Gasteiger partial charge in [0.25, 0.3) is 5.91 Å². The Kier molecular flexibility index (Phi) is 6.49. The molecule has 1 N–H and O–H groups in total. The van der Waals surface area contributed by atoms with Gasteiger partial charge in [-0.05, 0) is 52.9 Å². The van der Waals surface area contributed by atoms with Crippen LogP contribution in [0.5, 0.6) is 0 Å². The van der Waals surface area contributed by atoms with E-state index in [0.29, 0.717) is 5.56 Å². The van der Waals surface area contributed by atoms with Gasteiger partial charge in [0.15, 0.2) is 0 Å². The molecule has 0 bridgehead atoms. The first-order chi connectivity index (χ1) is 7.74. The molecule has 16 heavy (non-hydrogen) atoms. The van der Waals surface area contributed by atoms with Crippen molar-refractivity contribution in [1.29, 1.82) is 0 Å². The average Bonchev–Trinajstić information content (AvgIpc) is 2.29. The van der Waals surface area contributed by atoms with Gasteiger partial charge in [0.2, 0.25) is 0 Å². The van der Waals surface area contributed by atoms with Gasteiger partial charge in [-0.2, -0.15) is 11.8 Å². The molecule has 1 aromatic heterocycles. The van der Waals surface area contributed by atoms with Crippen LogP contribution >= 0.6 is 27.7 Å². The standard InChI is InChI=1S/C11H15BrN2OS/c1-16-7-3-2-6-13-11(15)9-4-5-10(12)14-8-9/h4-5,8H,2-3,6-7H2,1H3,(H,13,15). The molecule has 0 unspecified atom stereocenters. The highest BCUT2D eigenvalue weighted by molar-refractivity contribution is 9.10. The van der Waals surface area contributed by atoms with E-state index < -0.39 is 0 Å². The lowest BCUT2D eigenvalue weighted by Gasteiger charge is -2.04. The Bertz CT molecular complexity index is 329. The minimum Gasteiger partial charge on any atom is -0.352 e. The van der Waals surface area contributed by atoms with Crippen LogP contribution in [0.2, 0.25) is 0 Å². The number of carbonyl (C=O) groups is 1. The number of unbranched alkanes of at least 4 members (excludes halogenated alkanes) is 1. The van der Waals surface area contributed by atoms with Gasteiger partial charge in [0.05, 0.1) is 5.56 Å². The molecule has 0 spiro atoms. The van der Waals surface area contributed by atoms with E-state index in [1.807, 2.05) is 11.8 Å². The molecule has 0 aliphatic heterocycles. The molecule has 0 aromatic carbocycles. The Morgan fingerprint density at radius 2 is 2.31 bits per heavy atom. The number of pyridine rings is 1. The molecule has 0 fully saturated rings. The third-order valence-corrected chi connectivity index (χ3v) is 3.22. The van der Waals surface area contributed by atoms with Crippen LogP contribution in [0.4, 0.5) is 0 Å². The number of amides is 1. The molecule has 5 heteroatoms. The minimum absolute atomic E-state index is 0.0517. The molecule has 88 valence electrons. The van der Waals surface area contributed by atoms with E-state index in [9.17, 15) is 4.79 Å². The van der Waals surface area contributed by atoms with Crippen molar-refractivity contribution in [2.75, 3.05) is 18.6 Å². The predicted molar refractivity (Wildman–Crippen MR) is 71.9 cm³/mol. The molecule has 0 saturated heterocycles. The van der Waals surface area contributed by atoms with Crippen LogP contribution in [-0.4, -0.2) is 29.4 Å². The zero-order valence-electron chi connectivity index (χ0n) is 9.20. The van der Waals surface area contributed by atoms with Crippen LogP contribution in [0.3, 0.4) is 0 Å². The van der Waals surface area contributed by atoms with Gasteiger partial charge in [-0.3, -0.25) is 4.79 Å². The summed E-state index contributed by atoms with van der Waals surface area (Å²) in [5, 5.41) is 2.87. The van der Waals surface area contributed by atoms with Crippen LogP contribution in [-0.2, 0) is 0 Å². The number of aromatic nitrogens is 1. The van der Waals surface area contributed by atoms with Gasteiger partial charge in [-0.1, -0.05) is 0 Å². The molecular weight excluding hydrogens is 288 g/mol. The van der Waals surface area contributed by atoms with Crippen molar-refractivity contribution in [2.24, 2.45) is 0 Å². The fraction of sp³-hybridized carbons (Fsp3) is 0.455. The zero-order chi connectivity index (χ0) is 11.8. The van der Waals surface area contributed by atoms with Crippen LogP contribution < -0.4 is 5.32 Å². The second-order valence-corrected chi connectivity index (χ2v) is 5.12. The summed E-state index contributed by atoms with van der Waals surface area (Å²) < 4.78 is 0.740. The summed E-state index contributed by atoms with van der Waals surface area (Å²) in [5.74, 6) is 1.10. The molecule has 0 saturated carbocycles. The van der Waals surface area contributed by atoms with Crippen LogP contribution in [0.25, 0.3) is 0 Å². The Morgan fingerprint density at radius 1 is 1.50 bits per heavy atom. The molecule has 3 nitrogen and oxygen atoms in total. The lowest BCUT2D eigenvalue weighted by molar-refractivity contribution is 0.0953. The first kappa shape index (κ1) is 13.5. The van der Waals surface area contributed by atoms with E-state index in [1.165, 1.54) is 0 Å². The van der Waals surface area contributed by atoms with Crippen molar-refractivity contribution >= 4 is 33.6 Å². The third kappa shape index (κ3) is 4.99. The van der Waals surface area contributed by atoms with Crippen molar-refractivity contribution in [3.05, 3.63) is 28.5 Å². The average molecular weight is 303 g/mol. The first-order valence-corrected chi connectivity index (χ1v) is 7.31. The highest BCUT2D eigenvalue weighted by Gasteiger charge is 2.04. The molecule has 1 aromatic rings. The highest BCUT2D eigenvalue weighted by atomic mass is 79.9. The Labute approximate surface area is 109 Å². The summed E-state index contributed by atoms with van der Waals surface area (Å²) in [6, 6.07) is 3.52. The number of carbonyl (C=O) groups excluding carboxylic acids is 1. The SMILES string of the molecule is CSCCCCNC(=O)c1ccc(Br)nc1. The fourth-order valence-electron chi connectivity index (χ4n) is 1.19. The molecule has 0 aliphatic rings. The van der Waals surface area contributed by atoms with E-state index in [2.05, 4.69) is 32.5 Å². The minimum atomic E-state index is -0.0517. The van der Waals surface area contributed by atoms with E-state index >= 15 is 0 Å². The summed E-state index contributed by atoms with van der Waals surface area (Å²) in [7, 11) is 0. The van der Waals surface area contributed by atoms with Crippen molar-refractivity contribution < 1.29 is 4.79 Å². The number of rotatable bonds is 6. The topological polar surface area (TPSA) is 42.0 Å². The largest absolute Gasteiger partial charge is 0.352 e. The van der Waals surface area contributed by atoms with Crippen molar-refractivity contribution in [3.8, 4) is 0 Å². The number of hydrogen-bond acceptors (Lipinski definition) is 3. The maximum atomic E-state index is 11.6. The van der Waals surface area contributed by atoms with Crippen molar-refractivity contribution in [2.45, 2.75) is 12.8 Å². The number of halogens is 1. The van der Waals surface area contributed by atoms with Gasteiger partial charge in [-0.15, -0.1) is 0 Å². The van der Waals surface area contributed by atoms with Gasteiger partial charge in [0, 0.05) is 12.7 Å².